The zero-order valence-corrected chi connectivity index (χ0v) is 7.32. The van der Waals surface area contributed by atoms with Crippen molar-refractivity contribution >= 4 is 7.92 Å². The Hall–Kier alpha value is 0.390. The second kappa shape index (κ2) is 6.51. The molecule has 0 aromatic rings. The van der Waals surface area contributed by atoms with Crippen LogP contribution in [0, 0.1) is 0 Å². The predicted molar refractivity (Wildman–Crippen MR) is 44.3 cm³/mol. The molecule has 0 fully saturated rings. The average molecular weight is 148 g/mol. The molecule has 0 saturated heterocycles. The predicted octanol–water partition coefficient (Wildman–Crippen LogP) is 2.24. The Morgan fingerprint density at radius 3 is 1.78 bits per heavy atom. The van der Waals surface area contributed by atoms with Crippen molar-refractivity contribution in [3.63, 3.8) is 0 Å². The van der Waals surface area contributed by atoms with Crippen LogP contribution in [0.2, 0.25) is 0 Å². The van der Waals surface area contributed by atoms with E-state index in [1.165, 1.54) is 25.2 Å². The van der Waals surface area contributed by atoms with Gasteiger partial charge in [0, 0.05) is 0 Å². The van der Waals surface area contributed by atoms with E-state index >= 15 is 0 Å². The molecule has 0 aliphatic heterocycles. The third-order valence-electron chi connectivity index (χ3n) is 1.28. The van der Waals surface area contributed by atoms with Crippen LogP contribution in [0.15, 0.2) is 0 Å². The van der Waals surface area contributed by atoms with Gasteiger partial charge in [0.25, 0.3) is 0 Å². The maximum absolute atomic E-state index is 8.82. The van der Waals surface area contributed by atoms with Crippen molar-refractivity contribution in [2.24, 2.45) is 0 Å². The minimum Gasteiger partial charge on any atom is -0.392 e. The first-order chi connectivity index (χ1) is 4.35. The van der Waals surface area contributed by atoms with Gasteiger partial charge >= 0.3 is 0 Å². The molecule has 0 aromatic heterocycles. The second-order valence-corrected chi connectivity index (χ2v) is 4.78. The quantitative estimate of drug-likeness (QED) is 0.593. The molecule has 0 radical (unpaired) electrons. The Kier molecular flexibility index (Phi) is 6.79. The van der Waals surface area contributed by atoms with Gasteiger partial charge in [0.05, 0.1) is 6.35 Å². The van der Waals surface area contributed by atoms with Crippen LogP contribution in [-0.2, 0) is 0 Å². The Morgan fingerprint density at radius 2 is 1.56 bits per heavy atom. The van der Waals surface area contributed by atoms with Gasteiger partial charge in [-0.05, 0) is 12.3 Å². The fourth-order valence-corrected chi connectivity index (χ4v) is 2.66. The van der Waals surface area contributed by atoms with Crippen LogP contribution in [-0.4, -0.2) is 23.8 Å². The van der Waals surface area contributed by atoms with E-state index in [1.807, 2.05) is 0 Å². The zero-order valence-electron chi connectivity index (χ0n) is 6.43. The van der Waals surface area contributed by atoms with Gasteiger partial charge in [0.2, 0.25) is 0 Å². The average Bonchev–Trinajstić information content (AvgIpc) is 1.88. The number of aliphatic hydroxyl groups is 1. The van der Waals surface area contributed by atoms with E-state index in [0.717, 1.165) is 0 Å². The molecule has 1 N–H and O–H groups in total. The van der Waals surface area contributed by atoms with E-state index in [0.29, 0.717) is 6.35 Å². The highest BCUT2D eigenvalue weighted by Gasteiger charge is 2.01. The first-order valence-electron chi connectivity index (χ1n) is 3.68. The summed E-state index contributed by atoms with van der Waals surface area (Å²) in [5.74, 6) is 0. The van der Waals surface area contributed by atoms with Crippen LogP contribution >= 0.6 is 7.92 Å². The van der Waals surface area contributed by atoms with Gasteiger partial charge in [-0.3, -0.25) is 0 Å². The summed E-state index contributed by atoms with van der Waals surface area (Å²) in [5.41, 5.74) is 0. The van der Waals surface area contributed by atoms with E-state index in [-0.39, 0.29) is 7.92 Å². The van der Waals surface area contributed by atoms with Crippen molar-refractivity contribution in [2.45, 2.75) is 26.7 Å². The normalized spacial score (nSPS) is 10.7. The molecule has 0 atom stereocenters. The SMILES string of the molecule is CCCP(CO)CCC. The van der Waals surface area contributed by atoms with Crippen LogP contribution in [0.3, 0.4) is 0 Å². The van der Waals surface area contributed by atoms with Crippen molar-refractivity contribution in [3.05, 3.63) is 0 Å². The van der Waals surface area contributed by atoms with Gasteiger partial charge in [0.15, 0.2) is 0 Å². The third-order valence-corrected chi connectivity index (χ3v) is 3.84. The van der Waals surface area contributed by atoms with Crippen LogP contribution in [0.5, 0.6) is 0 Å². The highest BCUT2D eigenvalue weighted by atomic mass is 31.1. The summed E-state index contributed by atoms with van der Waals surface area (Å²) < 4.78 is 0. The standard InChI is InChI=1S/C7H17OP/c1-3-5-9(7-8)6-4-2/h8H,3-7H2,1-2H3. The molecule has 0 amide bonds. The number of rotatable bonds is 5. The fourth-order valence-electron chi connectivity index (χ4n) is 0.886. The zero-order chi connectivity index (χ0) is 7.11. The summed E-state index contributed by atoms with van der Waals surface area (Å²) in [6.07, 6.45) is 5.40. The molecule has 0 spiro atoms. The van der Waals surface area contributed by atoms with E-state index in [9.17, 15) is 0 Å². The highest BCUT2D eigenvalue weighted by Crippen LogP contribution is 2.34. The van der Waals surface area contributed by atoms with Crippen molar-refractivity contribution < 1.29 is 5.11 Å². The van der Waals surface area contributed by atoms with Gasteiger partial charge < -0.3 is 5.11 Å². The molecular formula is C7H17OP. The van der Waals surface area contributed by atoms with Gasteiger partial charge in [-0.15, -0.1) is 0 Å². The van der Waals surface area contributed by atoms with E-state index < -0.39 is 0 Å². The Morgan fingerprint density at radius 1 is 1.11 bits per heavy atom. The van der Waals surface area contributed by atoms with Gasteiger partial charge in [-0.2, -0.15) is 0 Å². The lowest BCUT2D eigenvalue weighted by Gasteiger charge is -2.10. The van der Waals surface area contributed by atoms with Crippen molar-refractivity contribution in [1.29, 1.82) is 0 Å². The fraction of sp³-hybridized carbons (Fsp3) is 1.00. The molecule has 0 saturated carbocycles. The summed E-state index contributed by atoms with van der Waals surface area (Å²) in [7, 11) is -0.00309. The monoisotopic (exact) mass is 148 g/mol. The molecule has 1 nitrogen and oxygen atoms in total. The molecule has 0 unspecified atom stereocenters. The molecule has 0 bridgehead atoms. The minimum atomic E-state index is -0.00309. The van der Waals surface area contributed by atoms with Crippen LogP contribution in [0.1, 0.15) is 26.7 Å². The Labute approximate surface area is 59.2 Å². The van der Waals surface area contributed by atoms with E-state index in [1.54, 1.807) is 0 Å². The summed E-state index contributed by atoms with van der Waals surface area (Å²) in [6, 6.07) is 0. The van der Waals surface area contributed by atoms with Crippen molar-refractivity contribution in [2.75, 3.05) is 18.7 Å². The Bertz CT molecular complexity index is 50.9. The van der Waals surface area contributed by atoms with Crippen LogP contribution in [0.25, 0.3) is 0 Å². The second-order valence-electron chi connectivity index (χ2n) is 2.26. The summed E-state index contributed by atoms with van der Waals surface area (Å²) >= 11 is 0. The molecule has 2 heteroatoms. The van der Waals surface area contributed by atoms with Gasteiger partial charge in [0.1, 0.15) is 0 Å². The molecule has 0 aliphatic carbocycles. The van der Waals surface area contributed by atoms with Crippen LogP contribution in [0.4, 0.5) is 0 Å². The summed E-state index contributed by atoms with van der Waals surface area (Å²) in [4.78, 5) is 0. The minimum absolute atomic E-state index is 0.00309. The van der Waals surface area contributed by atoms with Crippen molar-refractivity contribution in [3.8, 4) is 0 Å². The maximum atomic E-state index is 8.82. The third kappa shape index (κ3) is 4.87. The smallest absolute Gasteiger partial charge is 0.0624 e. The summed E-state index contributed by atoms with van der Waals surface area (Å²) in [5, 5.41) is 8.82. The van der Waals surface area contributed by atoms with Gasteiger partial charge in [-0.1, -0.05) is 34.6 Å². The first-order valence-corrected chi connectivity index (χ1v) is 5.58. The lowest BCUT2D eigenvalue weighted by molar-refractivity contribution is 0.369. The van der Waals surface area contributed by atoms with Crippen LogP contribution < -0.4 is 0 Å². The lowest BCUT2D eigenvalue weighted by atomic mass is 10.6. The topological polar surface area (TPSA) is 20.2 Å². The summed E-state index contributed by atoms with van der Waals surface area (Å²) in [6.45, 7) is 4.36. The molecule has 56 valence electrons. The van der Waals surface area contributed by atoms with E-state index in [4.69, 9.17) is 5.11 Å². The molecule has 0 aromatic carbocycles. The van der Waals surface area contributed by atoms with E-state index in [2.05, 4.69) is 13.8 Å². The molecular weight excluding hydrogens is 131 g/mol. The number of aliphatic hydroxyl groups excluding tert-OH is 1. The molecule has 0 rings (SSSR count). The highest BCUT2D eigenvalue weighted by molar-refractivity contribution is 7.57. The first kappa shape index (κ1) is 9.39. The Balaban J connectivity index is 3.18. The van der Waals surface area contributed by atoms with Gasteiger partial charge in [-0.25, -0.2) is 0 Å². The largest absolute Gasteiger partial charge is 0.392 e. The molecule has 9 heavy (non-hydrogen) atoms. The maximum Gasteiger partial charge on any atom is 0.0624 e. The lowest BCUT2D eigenvalue weighted by Crippen LogP contribution is -1.91. The number of hydrogen-bond donors (Lipinski definition) is 1. The number of hydrogen-bond acceptors (Lipinski definition) is 1. The molecule has 0 heterocycles. The van der Waals surface area contributed by atoms with Crippen molar-refractivity contribution in [1.82, 2.24) is 0 Å². The molecule has 0 aliphatic rings.